The standard InChI is InChI=1S/C27H21IN2O3S/c1-3-33-26(32)23-16(2)29-27-30(24(23)20-13-8-11-17-9-4-6-12-19(17)20)25(31)22(34-27)15-18-10-5-7-14-21(18)28/h4-15,24H,3H2,1-2H3/b22-15-/t24-/m1/s1. The predicted molar refractivity (Wildman–Crippen MR) is 144 cm³/mol. The van der Waals surface area contributed by atoms with Crippen LogP contribution in [0.25, 0.3) is 16.8 Å². The van der Waals surface area contributed by atoms with Gasteiger partial charge in [-0.3, -0.25) is 9.36 Å². The van der Waals surface area contributed by atoms with E-state index < -0.39 is 12.0 Å². The van der Waals surface area contributed by atoms with Gasteiger partial charge in [-0.05, 0) is 70.5 Å². The number of benzene rings is 3. The highest BCUT2D eigenvalue weighted by Crippen LogP contribution is 2.34. The van der Waals surface area contributed by atoms with Crippen LogP contribution in [-0.2, 0) is 9.53 Å². The highest BCUT2D eigenvalue weighted by atomic mass is 127. The largest absolute Gasteiger partial charge is 0.463 e. The van der Waals surface area contributed by atoms with Crippen LogP contribution in [0.1, 0.15) is 31.0 Å². The van der Waals surface area contributed by atoms with Crippen LogP contribution in [0.4, 0.5) is 0 Å². The van der Waals surface area contributed by atoms with E-state index in [9.17, 15) is 9.59 Å². The summed E-state index contributed by atoms with van der Waals surface area (Å²) < 4.78 is 8.69. The molecule has 0 radical (unpaired) electrons. The van der Waals surface area contributed by atoms with Gasteiger partial charge in [-0.15, -0.1) is 0 Å². The van der Waals surface area contributed by atoms with Gasteiger partial charge in [0.15, 0.2) is 4.80 Å². The number of fused-ring (bicyclic) bond motifs is 2. The van der Waals surface area contributed by atoms with Crippen molar-refractivity contribution in [3.63, 3.8) is 0 Å². The summed E-state index contributed by atoms with van der Waals surface area (Å²) in [6, 6.07) is 21.2. The molecule has 34 heavy (non-hydrogen) atoms. The second-order valence-corrected chi connectivity index (χ2v) is 10.1. The zero-order chi connectivity index (χ0) is 23.8. The number of hydrogen-bond acceptors (Lipinski definition) is 5. The number of thiazole rings is 1. The number of ether oxygens (including phenoxy) is 1. The van der Waals surface area contributed by atoms with Crippen LogP contribution in [0.3, 0.4) is 0 Å². The van der Waals surface area contributed by atoms with E-state index in [2.05, 4.69) is 27.6 Å². The molecule has 0 unspecified atom stereocenters. The Morgan fingerprint density at radius 3 is 2.65 bits per heavy atom. The number of hydrogen-bond donors (Lipinski definition) is 0. The molecular formula is C27H21IN2O3S. The van der Waals surface area contributed by atoms with Crippen molar-refractivity contribution in [2.24, 2.45) is 4.99 Å². The maximum atomic E-state index is 13.8. The van der Waals surface area contributed by atoms with Crippen molar-refractivity contribution in [3.05, 3.63) is 112 Å². The fourth-order valence-electron chi connectivity index (χ4n) is 4.31. The summed E-state index contributed by atoms with van der Waals surface area (Å²) >= 11 is 3.60. The molecular weight excluding hydrogens is 559 g/mol. The van der Waals surface area contributed by atoms with E-state index in [1.165, 1.54) is 11.3 Å². The monoisotopic (exact) mass is 580 g/mol. The molecule has 0 fully saturated rings. The third-order valence-electron chi connectivity index (χ3n) is 5.83. The lowest BCUT2D eigenvalue weighted by molar-refractivity contribution is -0.139. The molecule has 170 valence electrons. The molecule has 2 heterocycles. The van der Waals surface area contributed by atoms with Gasteiger partial charge in [0.2, 0.25) is 0 Å². The summed E-state index contributed by atoms with van der Waals surface area (Å²) in [5.41, 5.74) is 2.63. The molecule has 1 aliphatic rings. The van der Waals surface area contributed by atoms with Gasteiger partial charge >= 0.3 is 5.97 Å². The molecule has 0 saturated heterocycles. The Hall–Kier alpha value is -3.04. The van der Waals surface area contributed by atoms with Crippen LogP contribution in [0.5, 0.6) is 0 Å². The van der Waals surface area contributed by atoms with Gasteiger partial charge in [0.05, 0.1) is 28.5 Å². The smallest absolute Gasteiger partial charge is 0.338 e. The summed E-state index contributed by atoms with van der Waals surface area (Å²) in [5, 5.41) is 2.03. The average molecular weight is 580 g/mol. The maximum Gasteiger partial charge on any atom is 0.338 e. The van der Waals surface area contributed by atoms with Crippen molar-refractivity contribution in [2.75, 3.05) is 6.61 Å². The van der Waals surface area contributed by atoms with Gasteiger partial charge in [-0.25, -0.2) is 9.79 Å². The SMILES string of the molecule is CCOC(=O)C1=C(C)N=c2s/c(=C\c3ccccc3I)c(=O)n2[C@@H]1c1cccc2ccccc12. The van der Waals surface area contributed by atoms with Crippen molar-refractivity contribution in [2.45, 2.75) is 19.9 Å². The molecule has 5 rings (SSSR count). The van der Waals surface area contributed by atoms with E-state index in [1.54, 1.807) is 11.5 Å². The molecule has 0 aliphatic carbocycles. The van der Waals surface area contributed by atoms with Crippen LogP contribution in [-0.4, -0.2) is 17.1 Å². The first kappa shape index (κ1) is 22.7. The molecule has 0 bridgehead atoms. The Labute approximate surface area is 213 Å². The van der Waals surface area contributed by atoms with Crippen molar-refractivity contribution < 1.29 is 9.53 Å². The Kier molecular flexibility index (Phi) is 6.22. The molecule has 1 atom stereocenters. The quantitative estimate of drug-likeness (QED) is 0.263. The third-order valence-corrected chi connectivity index (χ3v) is 7.79. The van der Waals surface area contributed by atoms with E-state index >= 15 is 0 Å². The summed E-state index contributed by atoms with van der Waals surface area (Å²) in [6.45, 7) is 3.83. The van der Waals surface area contributed by atoms with Crippen LogP contribution < -0.4 is 14.9 Å². The molecule has 1 aromatic heterocycles. The summed E-state index contributed by atoms with van der Waals surface area (Å²) in [5.74, 6) is -0.450. The maximum absolute atomic E-state index is 13.8. The fraction of sp³-hybridized carbons (Fsp3) is 0.148. The van der Waals surface area contributed by atoms with Gasteiger partial charge in [-0.2, -0.15) is 0 Å². The van der Waals surface area contributed by atoms with E-state index in [1.807, 2.05) is 79.7 Å². The van der Waals surface area contributed by atoms with Crippen molar-refractivity contribution in [3.8, 4) is 0 Å². The number of aromatic nitrogens is 1. The molecule has 3 aromatic carbocycles. The topological polar surface area (TPSA) is 60.7 Å². The third kappa shape index (κ3) is 3.92. The summed E-state index contributed by atoms with van der Waals surface area (Å²) in [4.78, 5) is 32.2. The van der Waals surface area contributed by atoms with Crippen molar-refractivity contribution in [1.29, 1.82) is 0 Å². The lowest BCUT2D eigenvalue weighted by Crippen LogP contribution is -2.40. The van der Waals surface area contributed by atoms with Crippen molar-refractivity contribution >= 4 is 56.7 Å². The molecule has 0 N–H and O–H groups in total. The molecule has 7 heteroatoms. The minimum atomic E-state index is -0.626. The van der Waals surface area contributed by atoms with Gasteiger partial charge in [-0.1, -0.05) is 72.0 Å². The first-order valence-electron chi connectivity index (χ1n) is 10.9. The van der Waals surface area contributed by atoms with E-state index in [0.29, 0.717) is 20.6 Å². The number of carbonyl (C=O) groups is 1. The second-order valence-electron chi connectivity index (χ2n) is 7.89. The van der Waals surface area contributed by atoms with Crippen molar-refractivity contribution in [1.82, 2.24) is 4.57 Å². The Morgan fingerprint density at radius 1 is 1.12 bits per heavy atom. The van der Waals surface area contributed by atoms with E-state index in [0.717, 1.165) is 25.5 Å². The van der Waals surface area contributed by atoms with Gasteiger partial charge < -0.3 is 4.74 Å². The lowest BCUT2D eigenvalue weighted by Gasteiger charge is -2.25. The number of nitrogens with zero attached hydrogens (tertiary/aromatic N) is 2. The van der Waals surface area contributed by atoms with E-state index in [4.69, 9.17) is 4.74 Å². The summed E-state index contributed by atoms with van der Waals surface area (Å²) in [7, 11) is 0. The number of carbonyl (C=O) groups excluding carboxylic acids is 1. The predicted octanol–water partition coefficient (Wildman–Crippen LogP) is 4.56. The minimum Gasteiger partial charge on any atom is -0.463 e. The Balaban J connectivity index is 1.82. The molecule has 0 amide bonds. The van der Waals surface area contributed by atoms with Gasteiger partial charge in [0.1, 0.15) is 0 Å². The number of rotatable bonds is 4. The normalized spacial score (nSPS) is 15.9. The van der Waals surface area contributed by atoms with Crippen LogP contribution in [0.2, 0.25) is 0 Å². The van der Waals surface area contributed by atoms with Gasteiger partial charge in [0, 0.05) is 3.57 Å². The van der Waals surface area contributed by atoms with Crippen LogP contribution in [0.15, 0.2) is 87.8 Å². The first-order valence-corrected chi connectivity index (χ1v) is 12.8. The van der Waals surface area contributed by atoms with Crippen LogP contribution >= 0.6 is 33.9 Å². The second kappa shape index (κ2) is 9.31. The average Bonchev–Trinajstić information content (AvgIpc) is 3.14. The van der Waals surface area contributed by atoms with Gasteiger partial charge in [0.25, 0.3) is 5.56 Å². The lowest BCUT2D eigenvalue weighted by atomic mass is 9.91. The Morgan fingerprint density at radius 2 is 1.85 bits per heavy atom. The summed E-state index contributed by atoms with van der Waals surface area (Å²) in [6.07, 6.45) is 1.90. The van der Waals surface area contributed by atoms with Crippen LogP contribution in [0, 0.1) is 3.57 Å². The highest BCUT2D eigenvalue weighted by molar-refractivity contribution is 14.1. The zero-order valence-corrected chi connectivity index (χ0v) is 21.6. The fourth-order valence-corrected chi connectivity index (χ4v) is 5.89. The number of allylic oxidation sites excluding steroid dienone is 1. The zero-order valence-electron chi connectivity index (χ0n) is 18.6. The molecule has 4 aromatic rings. The first-order chi connectivity index (χ1) is 16.5. The minimum absolute atomic E-state index is 0.171. The highest BCUT2D eigenvalue weighted by Gasteiger charge is 2.34. The molecule has 0 saturated carbocycles. The molecule has 1 aliphatic heterocycles. The van der Waals surface area contributed by atoms with E-state index in [-0.39, 0.29) is 12.2 Å². The number of esters is 1. The Bertz CT molecular complexity index is 1640. The number of halogens is 1. The molecule has 5 nitrogen and oxygen atoms in total. The molecule has 0 spiro atoms.